The first kappa shape index (κ1) is 13.1. The minimum absolute atomic E-state index is 0.0169. The van der Waals surface area contributed by atoms with E-state index in [0.717, 1.165) is 0 Å². The lowest BCUT2D eigenvalue weighted by atomic mass is 10.1. The smallest absolute Gasteiger partial charge is 0.254 e. The number of likely N-dealkylation sites (tertiary alicyclic amines) is 1. The Morgan fingerprint density at radius 1 is 1.24 bits per heavy atom. The Morgan fingerprint density at radius 2 is 2.00 bits per heavy atom. The quantitative estimate of drug-likeness (QED) is 0.860. The van der Waals surface area contributed by atoms with Crippen LogP contribution in [0.15, 0.2) is 48.7 Å². The standard InChI is InChI=1S/C16H13N3O2/c17-8-12-6-7-15(18-9-12)21-14-10-19(11-14)16(20)13-4-2-1-3-5-13/h1-7,9,14H,10-11H2. The summed E-state index contributed by atoms with van der Waals surface area (Å²) < 4.78 is 5.65. The molecule has 1 amide bonds. The SMILES string of the molecule is N#Cc1ccc(OC2CN(C(=O)c3ccccc3)C2)nc1. The molecular weight excluding hydrogens is 266 g/mol. The van der Waals surface area contributed by atoms with Gasteiger partial charge in [-0.3, -0.25) is 4.79 Å². The normalized spacial score (nSPS) is 14.1. The van der Waals surface area contributed by atoms with Gasteiger partial charge < -0.3 is 9.64 Å². The van der Waals surface area contributed by atoms with Crippen molar-refractivity contribution in [2.75, 3.05) is 13.1 Å². The number of nitrogens with zero attached hydrogens (tertiary/aromatic N) is 3. The number of rotatable bonds is 3. The first-order valence-electron chi connectivity index (χ1n) is 6.63. The molecule has 2 heterocycles. The molecular formula is C16H13N3O2. The van der Waals surface area contributed by atoms with Crippen LogP contribution in [0.1, 0.15) is 15.9 Å². The zero-order valence-corrected chi connectivity index (χ0v) is 11.3. The summed E-state index contributed by atoms with van der Waals surface area (Å²) >= 11 is 0. The Labute approximate surface area is 122 Å². The lowest BCUT2D eigenvalue weighted by Crippen LogP contribution is -2.56. The van der Waals surface area contributed by atoms with Crippen molar-refractivity contribution in [3.63, 3.8) is 0 Å². The fourth-order valence-electron chi connectivity index (χ4n) is 2.13. The highest BCUT2D eigenvalue weighted by atomic mass is 16.5. The van der Waals surface area contributed by atoms with Gasteiger partial charge in [0.25, 0.3) is 5.91 Å². The molecule has 1 aliphatic heterocycles. The summed E-state index contributed by atoms with van der Waals surface area (Å²) in [6, 6.07) is 14.5. The van der Waals surface area contributed by atoms with Crippen LogP contribution in [0.4, 0.5) is 0 Å². The zero-order valence-electron chi connectivity index (χ0n) is 11.3. The predicted molar refractivity (Wildman–Crippen MR) is 75.7 cm³/mol. The van der Waals surface area contributed by atoms with E-state index in [2.05, 4.69) is 4.98 Å². The highest BCUT2D eigenvalue weighted by molar-refractivity contribution is 5.94. The predicted octanol–water partition coefficient (Wildman–Crippen LogP) is 1.86. The molecule has 0 saturated carbocycles. The summed E-state index contributed by atoms with van der Waals surface area (Å²) in [5.74, 6) is 0.494. The van der Waals surface area contributed by atoms with Crippen LogP contribution in [0.5, 0.6) is 5.88 Å². The molecule has 21 heavy (non-hydrogen) atoms. The Morgan fingerprint density at radius 3 is 2.62 bits per heavy atom. The van der Waals surface area contributed by atoms with Crippen LogP contribution in [-0.2, 0) is 0 Å². The molecule has 0 unspecified atom stereocenters. The van der Waals surface area contributed by atoms with Gasteiger partial charge in [0, 0.05) is 17.8 Å². The number of hydrogen-bond acceptors (Lipinski definition) is 4. The van der Waals surface area contributed by atoms with Crippen LogP contribution in [0.25, 0.3) is 0 Å². The third kappa shape index (κ3) is 2.84. The average Bonchev–Trinajstić information content (AvgIpc) is 2.51. The van der Waals surface area contributed by atoms with Gasteiger partial charge in [0.1, 0.15) is 12.2 Å². The summed E-state index contributed by atoms with van der Waals surface area (Å²) in [6.45, 7) is 1.10. The molecule has 5 nitrogen and oxygen atoms in total. The second kappa shape index (κ2) is 5.63. The first-order valence-corrected chi connectivity index (χ1v) is 6.63. The highest BCUT2D eigenvalue weighted by Gasteiger charge is 2.32. The minimum Gasteiger partial charge on any atom is -0.471 e. The Hall–Kier alpha value is -2.87. The summed E-state index contributed by atoms with van der Waals surface area (Å²) in [4.78, 5) is 17.9. The van der Waals surface area contributed by atoms with Crippen LogP contribution >= 0.6 is 0 Å². The van der Waals surface area contributed by atoms with E-state index in [-0.39, 0.29) is 12.0 Å². The number of carbonyl (C=O) groups excluding carboxylic acids is 1. The molecule has 1 aromatic heterocycles. The van der Waals surface area contributed by atoms with Crippen molar-refractivity contribution < 1.29 is 9.53 Å². The first-order chi connectivity index (χ1) is 10.3. The van der Waals surface area contributed by atoms with Crippen LogP contribution in [-0.4, -0.2) is 35.0 Å². The molecule has 2 aromatic rings. The molecule has 1 fully saturated rings. The maximum absolute atomic E-state index is 12.1. The molecule has 0 bridgehead atoms. The van der Waals surface area contributed by atoms with E-state index < -0.39 is 0 Å². The fraction of sp³-hybridized carbons (Fsp3) is 0.188. The van der Waals surface area contributed by atoms with Gasteiger partial charge in [-0.2, -0.15) is 5.26 Å². The molecule has 1 aromatic carbocycles. The second-order valence-electron chi connectivity index (χ2n) is 4.81. The summed E-state index contributed by atoms with van der Waals surface area (Å²) in [5.41, 5.74) is 1.18. The van der Waals surface area contributed by atoms with E-state index in [9.17, 15) is 4.79 Å². The van der Waals surface area contributed by atoms with Gasteiger partial charge in [-0.15, -0.1) is 0 Å². The van der Waals surface area contributed by atoms with E-state index in [0.29, 0.717) is 30.1 Å². The fourth-order valence-corrected chi connectivity index (χ4v) is 2.13. The number of pyridine rings is 1. The number of hydrogen-bond donors (Lipinski definition) is 0. The Kier molecular flexibility index (Phi) is 3.52. The van der Waals surface area contributed by atoms with Crippen molar-refractivity contribution in [2.24, 2.45) is 0 Å². The third-order valence-electron chi connectivity index (χ3n) is 3.31. The summed E-state index contributed by atoms with van der Waals surface area (Å²) in [5, 5.41) is 8.70. The monoisotopic (exact) mass is 279 g/mol. The number of amides is 1. The number of nitriles is 1. The molecule has 0 atom stereocenters. The lowest BCUT2D eigenvalue weighted by Gasteiger charge is -2.38. The number of ether oxygens (including phenoxy) is 1. The van der Waals surface area contributed by atoms with E-state index in [1.807, 2.05) is 24.3 Å². The van der Waals surface area contributed by atoms with E-state index in [4.69, 9.17) is 10.00 Å². The van der Waals surface area contributed by atoms with Crippen LogP contribution in [0.3, 0.4) is 0 Å². The molecule has 0 aliphatic carbocycles. The topological polar surface area (TPSA) is 66.2 Å². The number of aromatic nitrogens is 1. The second-order valence-corrected chi connectivity index (χ2v) is 4.81. The third-order valence-corrected chi connectivity index (χ3v) is 3.31. The number of benzene rings is 1. The van der Waals surface area contributed by atoms with Crippen LogP contribution in [0, 0.1) is 11.3 Å². The molecule has 3 rings (SSSR count). The van der Waals surface area contributed by atoms with Crippen LogP contribution in [0.2, 0.25) is 0 Å². The molecule has 1 saturated heterocycles. The Balaban J connectivity index is 1.54. The van der Waals surface area contributed by atoms with E-state index in [1.165, 1.54) is 6.20 Å². The van der Waals surface area contributed by atoms with E-state index in [1.54, 1.807) is 29.2 Å². The lowest BCUT2D eigenvalue weighted by molar-refractivity contribution is 0.0160. The van der Waals surface area contributed by atoms with Crippen LogP contribution < -0.4 is 4.74 Å². The molecule has 0 N–H and O–H groups in total. The molecule has 104 valence electrons. The maximum Gasteiger partial charge on any atom is 0.254 e. The summed E-state index contributed by atoms with van der Waals surface area (Å²) in [7, 11) is 0. The van der Waals surface area contributed by atoms with Gasteiger partial charge >= 0.3 is 0 Å². The molecule has 5 heteroatoms. The largest absolute Gasteiger partial charge is 0.471 e. The van der Waals surface area contributed by atoms with Gasteiger partial charge in [-0.05, 0) is 18.2 Å². The van der Waals surface area contributed by atoms with Crippen molar-refractivity contribution in [3.05, 3.63) is 59.8 Å². The minimum atomic E-state index is -0.0434. The average molecular weight is 279 g/mol. The van der Waals surface area contributed by atoms with Crippen molar-refractivity contribution in [2.45, 2.75) is 6.10 Å². The highest BCUT2D eigenvalue weighted by Crippen LogP contribution is 2.18. The van der Waals surface area contributed by atoms with Crippen molar-refractivity contribution in [1.82, 2.24) is 9.88 Å². The van der Waals surface area contributed by atoms with Gasteiger partial charge in [-0.1, -0.05) is 18.2 Å². The Bertz CT molecular complexity index is 671. The van der Waals surface area contributed by atoms with Crippen molar-refractivity contribution in [1.29, 1.82) is 5.26 Å². The number of carbonyl (C=O) groups is 1. The molecule has 0 spiro atoms. The molecule has 1 aliphatic rings. The van der Waals surface area contributed by atoms with Gasteiger partial charge in [0.15, 0.2) is 0 Å². The van der Waals surface area contributed by atoms with Crippen molar-refractivity contribution in [3.8, 4) is 11.9 Å². The van der Waals surface area contributed by atoms with Crippen molar-refractivity contribution >= 4 is 5.91 Å². The van der Waals surface area contributed by atoms with Gasteiger partial charge in [-0.25, -0.2) is 4.98 Å². The van der Waals surface area contributed by atoms with Gasteiger partial charge in [0.05, 0.1) is 18.7 Å². The maximum atomic E-state index is 12.1. The van der Waals surface area contributed by atoms with Gasteiger partial charge in [0.2, 0.25) is 5.88 Å². The summed E-state index contributed by atoms with van der Waals surface area (Å²) in [6.07, 6.45) is 1.43. The van der Waals surface area contributed by atoms with E-state index >= 15 is 0 Å². The zero-order chi connectivity index (χ0) is 14.7. The molecule has 0 radical (unpaired) electrons.